The van der Waals surface area contributed by atoms with Gasteiger partial charge in [-0.05, 0) is 56.3 Å². The Morgan fingerprint density at radius 3 is 2.68 bits per heavy atom. The monoisotopic (exact) mass is 281 g/mol. The molecule has 1 aromatic rings. The number of ether oxygens (including phenoxy) is 1. The normalized spacial score (nSPS) is 14.6. The summed E-state index contributed by atoms with van der Waals surface area (Å²) in [6.07, 6.45) is 8.95. The number of methoxy groups -OCH3 is 1. The van der Waals surface area contributed by atoms with Gasteiger partial charge in [0.2, 0.25) is 0 Å². The molecular formula is C16H24ClNO. The van der Waals surface area contributed by atoms with Crippen LogP contribution in [0.1, 0.15) is 44.1 Å². The maximum Gasteiger partial charge on any atom is 0.120 e. The maximum atomic E-state index is 6.22. The SMILES string of the molecule is COc1ccc(CCCCCCNC2CC2)c(Cl)c1. The zero-order chi connectivity index (χ0) is 13.5. The van der Waals surface area contributed by atoms with Crippen molar-refractivity contribution in [2.75, 3.05) is 13.7 Å². The van der Waals surface area contributed by atoms with Crippen LogP contribution in [-0.2, 0) is 6.42 Å². The summed E-state index contributed by atoms with van der Waals surface area (Å²) in [6.45, 7) is 1.19. The van der Waals surface area contributed by atoms with Gasteiger partial charge >= 0.3 is 0 Å². The molecule has 2 nitrogen and oxygen atoms in total. The number of hydrogen-bond acceptors (Lipinski definition) is 2. The lowest BCUT2D eigenvalue weighted by Gasteiger charge is -2.07. The van der Waals surface area contributed by atoms with E-state index < -0.39 is 0 Å². The summed E-state index contributed by atoms with van der Waals surface area (Å²) in [4.78, 5) is 0. The molecule has 0 aromatic heterocycles. The van der Waals surface area contributed by atoms with Gasteiger partial charge in [0.25, 0.3) is 0 Å². The number of benzene rings is 1. The molecule has 0 bridgehead atoms. The van der Waals surface area contributed by atoms with E-state index in [2.05, 4.69) is 11.4 Å². The Balaban J connectivity index is 1.56. The molecule has 0 heterocycles. The molecule has 1 fully saturated rings. The lowest BCUT2D eigenvalue weighted by molar-refractivity contribution is 0.414. The number of rotatable bonds is 9. The van der Waals surface area contributed by atoms with Crippen LogP contribution in [0.25, 0.3) is 0 Å². The highest BCUT2D eigenvalue weighted by Gasteiger charge is 2.19. The van der Waals surface area contributed by atoms with Crippen LogP contribution < -0.4 is 10.1 Å². The molecule has 106 valence electrons. The first-order valence-electron chi connectivity index (χ1n) is 7.35. The van der Waals surface area contributed by atoms with Crippen LogP contribution in [0, 0.1) is 0 Å². The Labute approximate surface area is 121 Å². The molecule has 0 amide bonds. The number of hydrogen-bond donors (Lipinski definition) is 1. The molecule has 0 radical (unpaired) electrons. The Hall–Kier alpha value is -0.730. The van der Waals surface area contributed by atoms with E-state index in [1.54, 1.807) is 7.11 Å². The second-order valence-corrected chi connectivity index (χ2v) is 5.76. The summed E-state index contributed by atoms with van der Waals surface area (Å²) in [5.74, 6) is 0.833. The zero-order valence-corrected chi connectivity index (χ0v) is 12.5. The first-order chi connectivity index (χ1) is 9.29. The summed E-state index contributed by atoms with van der Waals surface area (Å²) in [6, 6.07) is 6.81. The van der Waals surface area contributed by atoms with Crippen molar-refractivity contribution in [3.05, 3.63) is 28.8 Å². The first kappa shape index (κ1) is 14.7. The average molecular weight is 282 g/mol. The van der Waals surface area contributed by atoms with Crippen LogP contribution in [0.4, 0.5) is 0 Å². The minimum atomic E-state index is 0.828. The van der Waals surface area contributed by atoms with Crippen LogP contribution in [0.2, 0.25) is 5.02 Å². The second kappa shape index (κ2) is 7.76. The summed E-state index contributed by atoms with van der Waals surface area (Å²) in [7, 11) is 1.67. The molecule has 1 aliphatic rings. The molecule has 1 aliphatic carbocycles. The Morgan fingerprint density at radius 1 is 1.21 bits per heavy atom. The van der Waals surface area contributed by atoms with E-state index >= 15 is 0 Å². The van der Waals surface area contributed by atoms with E-state index in [9.17, 15) is 0 Å². The van der Waals surface area contributed by atoms with E-state index in [1.807, 2.05) is 12.1 Å². The van der Waals surface area contributed by atoms with Crippen molar-refractivity contribution in [1.29, 1.82) is 0 Å². The minimum Gasteiger partial charge on any atom is -0.497 e. The number of nitrogens with one attached hydrogen (secondary N) is 1. The molecule has 0 unspecified atom stereocenters. The fourth-order valence-corrected chi connectivity index (χ4v) is 2.51. The average Bonchev–Trinajstić information content (AvgIpc) is 3.23. The van der Waals surface area contributed by atoms with Crippen LogP contribution in [0.5, 0.6) is 5.75 Å². The highest BCUT2D eigenvalue weighted by molar-refractivity contribution is 6.31. The predicted octanol–water partition coefficient (Wildman–Crippen LogP) is 4.20. The molecule has 1 saturated carbocycles. The van der Waals surface area contributed by atoms with Crippen LogP contribution >= 0.6 is 11.6 Å². The summed E-state index contributed by atoms with van der Waals surface area (Å²) in [5.41, 5.74) is 1.23. The smallest absolute Gasteiger partial charge is 0.120 e. The zero-order valence-electron chi connectivity index (χ0n) is 11.8. The third kappa shape index (κ3) is 5.42. The van der Waals surface area contributed by atoms with Crippen molar-refractivity contribution in [2.45, 2.75) is 51.0 Å². The van der Waals surface area contributed by atoms with Gasteiger partial charge in [0.1, 0.15) is 5.75 Å². The van der Waals surface area contributed by atoms with Crippen LogP contribution in [0.3, 0.4) is 0 Å². The van der Waals surface area contributed by atoms with Gasteiger partial charge in [0.15, 0.2) is 0 Å². The topological polar surface area (TPSA) is 21.3 Å². The molecule has 0 aliphatic heterocycles. The fourth-order valence-electron chi connectivity index (χ4n) is 2.25. The molecule has 0 saturated heterocycles. The van der Waals surface area contributed by atoms with Crippen LogP contribution in [0.15, 0.2) is 18.2 Å². The van der Waals surface area contributed by atoms with E-state index in [-0.39, 0.29) is 0 Å². The lowest BCUT2D eigenvalue weighted by Crippen LogP contribution is -2.17. The quantitative estimate of drug-likeness (QED) is 0.685. The molecule has 1 N–H and O–H groups in total. The molecule has 3 heteroatoms. The molecule has 2 rings (SSSR count). The summed E-state index contributed by atoms with van der Waals surface area (Å²) in [5, 5.41) is 4.38. The fraction of sp³-hybridized carbons (Fsp3) is 0.625. The molecule has 19 heavy (non-hydrogen) atoms. The number of aryl methyl sites for hydroxylation is 1. The molecular weight excluding hydrogens is 258 g/mol. The van der Waals surface area contributed by atoms with Gasteiger partial charge < -0.3 is 10.1 Å². The van der Waals surface area contributed by atoms with Crippen molar-refractivity contribution < 1.29 is 4.74 Å². The van der Waals surface area contributed by atoms with Crippen molar-refractivity contribution in [1.82, 2.24) is 5.32 Å². The summed E-state index contributed by atoms with van der Waals surface area (Å²) >= 11 is 6.22. The largest absolute Gasteiger partial charge is 0.497 e. The van der Waals surface area contributed by atoms with E-state index in [0.29, 0.717) is 0 Å². The number of halogens is 1. The second-order valence-electron chi connectivity index (χ2n) is 5.35. The van der Waals surface area contributed by atoms with Crippen molar-refractivity contribution in [3.63, 3.8) is 0 Å². The van der Waals surface area contributed by atoms with Gasteiger partial charge in [0, 0.05) is 11.1 Å². The van der Waals surface area contributed by atoms with Crippen LogP contribution in [-0.4, -0.2) is 19.7 Å². The Kier molecular flexibility index (Phi) is 5.99. The van der Waals surface area contributed by atoms with E-state index in [0.717, 1.165) is 23.2 Å². The highest BCUT2D eigenvalue weighted by Crippen LogP contribution is 2.24. The third-order valence-corrected chi connectivity index (χ3v) is 4.00. The van der Waals surface area contributed by atoms with Gasteiger partial charge in [-0.25, -0.2) is 0 Å². The van der Waals surface area contributed by atoms with Gasteiger partial charge in [-0.2, -0.15) is 0 Å². The number of unbranched alkanes of at least 4 members (excludes halogenated alkanes) is 3. The van der Waals surface area contributed by atoms with Gasteiger partial charge in [-0.15, -0.1) is 0 Å². The van der Waals surface area contributed by atoms with Crippen molar-refractivity contribution >= 4 is 11.6 Å². The van der Waals surface area contributed by atoms with E-state index in [1.165, 1.54) is 50.6 Å². The van der Waals surface area contributed by atoms with Gasteiger partial charge in [-0.1, -0.05) is 30.5 Å². The minimum absolute atomic E-state index is 0.828. The summed E-state index contributed by atoms with van der Waals surface area (Å²) < 4.78 is 5.15. The molecule has 0 atom stereocenters. The lowest BCUT2D eigenvalue weighted by atomic mass is 10.1. The highest BCUT2D eigenvalue weighted by atomic mass is 35.5. The molecule has 1 aromatic carbocycles. The maximum absolute atomic E-state index is 6.22. The molecule has 0 spiro atoms. The van der Waals surface area contributed by atoms with Gasteiger partial charge in [-0.3, -0.25) is 0 Å². The third-order valence-electron chi connectivity index (χ3n) is 3.64. The first-order valence-corrected chi connectivity index (χ1v) is 7.73. The van der Waals surface area contributed by atoms with E-state index in [4.69, 9.17) is 16.3 Å². The van der Waals surface area contributed by atoms with Crippen molar-refractivity contribution in [2.24, 2.45) is 0 Å². The Bertz CT molecular complexity index is 390. The Morgan fingerprint density at radius 2 is 2.00 bits per heavy atom. The standard InChI is InChI=1S/C16H24ClNO/c1-19-15-10-7-13(16(17)12-15)6-4-2-3-5-11-18-14-8-9-14/h7,10,12,14,18H,2-6,8-9,11H2,1H3. The predicted molar refractivity (Wildman–Crippen MR) is 81.2 cm³/mol. The van der Waals surface area contributed by atoms with Gasteiger partial charge in [0.05, 0.1) is 7.11 Å². The van der Waals surface area contributed by atoms with Crippen molar-refractivity contribution in [3.8, 4) is 5.75 Å².